The molecule has 1 aliphatic carbocycles. The third kappa shape index (κ3) is 1.88. The normalized spacial score (nSPS) is 16.9. The molecule has 17 heavy (non-hydrogen) atoms. The van der Waals surface area contributed by atoms with Crippen molar-refractivity contribution in [2.45, 2.75) is 12.8 Å². The summed E-state index contributed by atoms with van der Waals surface area (Å²) >= 11 is 0. The Hall–Kier alpha value is -2.26. The van der Waals surface area contributed by atoms with Gasteiger partial charge in [0.2, 0.25) is 0 Å². The van der Waals surface area contributed by atoms with E-state index in [1.165, 1.54) is 0 Å². The van der Waals surface area contributed by atoms with Gasteiger partial charge >= 0.3 is 0 Å². The molecule has 3 nitrogen and oxygen atoms in total. The Kier molecular flexibility index (Phi) is 3.12. The van der Waals surface area contributed by atoms with Crippen molar-refractivity contribution in [3.05, 3.63) is 41.2 Å². The highest BCUT2D eigenvalue weighted by molar-refractivity contribution is 5.65. The van der Waals surface area contributed by atoms with Crippen LogP contribution in [-0.4, -0.2) is 6.61 Å². The predicted molar refractivity (Wildman–Crippen MR) is 63.5 cm³/mol. The van der Waals surface area contributed by atoms with Crippen molar-refractivity contribution in [2.75, 3.05) is 6.61 Å². The summed E-state index contributed by atoms with van der Waals surface area (Å²) in [5.41, 5.74) is 2.04. The first-order valence-electron chi connectivity index (χ1n) is 5.54. The molecular formula is C14H12N2O. The molecule has 0 aromatic heterocycles. The molecule has 0 bridgehead atoms. The Bertz CT molecular complexity index is 520. The first-order chi connectivity index (χ1) is 8.31. The minimum atomic E-state index is -0.698. The first-order valence-corrected chi connectivity index (χ1v) is 5.54. The Morgan fingerprint density at radius 1 is 1.29 bits per heavy atom. The number of allylic oxidation sites excluding steroid dienone is 1. The third-order valence-corrected chi connectivity index (χ3v) is 2.86. The molecule has 0 saturated carbocycles. The number of hydrogen-bond acceptors (Lipinski definition) is 3. The maximum absolute atomic E-state index is 9.04. The van der Waals surface area contributed by atoms with Crippen molar-refractivity contribution in [3.8, 4) is 12.1 Å². The smallest absolute Gasteiger partial charge is 0.147 e. The molecule has 84 valence electrons. The van der Waals surface area contributed by atoms with Crippen LogP contribution in [-0.2, 0) is 4.74 Å². The highest BCUT2D eigenvalue weighted by Crippen LogP contribution is 2.41. The minimum Gasteiger partial charge on any atom is -0.497 e. The summed E-state index contributed by atoms with van der Waals surface area (Å²) < 4.78 is 5.54. The fourth-order valence-electron chi connectivity index (χ4n) is 2.14. The average Bonchev–Trinajstić information content (AvgIpc) is 2.71. The van der Waals surface area contributed by atoms with Crippen LogP contribution in [0.2, 0.25) is 0 Å². The molecule has 0 radical (unpaired) electrons. The van der Waals surface area contributed by atoms with E-state index in [9.17, 15) is 0 Å². The van der Waals surface area contributed by atoms with Crippen molar-refractivity contribution < 1.29 is 4.74 Å². The molecule has 2 rings (SSSR count). The van der Waals surface area contributed by atoms with Crippen LogP contribution in [0.15, 0.2) is 30.0 Å². The van der Waals surface area contributed by atoms with E-state index >= 15 is 0 Å². The highest BCUT2D eigenvalue weighted by atomic mass is 16.5. The summed E-state index contributed by atoms with van der Waals surface area (Å²) in [6.45, 7) is 2.44. The second-order valence-electron chi connectivity index (χ2n) is 3.82. The zero-order valence-electron chi connectivity index (χ0n) is 9.55. The average molecular weight is 224 g/mol. The number of rotatable bonds is 3. The van der Waals surface area contributed by atoms with Crippen LogP contribution in [0.1, 0.15) is 24.0 Å². The third-order valence-electron chi connectivity index (χ3n) is 2.86. The molecule has 1 aliphatic rings. The number of ether oxygens (including phenoxy) is 1. The van der Waals surface area contributed by atoms with E-state index in [-0.39, 0.29) is 5.92 Å². The van der Waals surface area contributed by atoms with Gasteiger partial charge in [0.25, 0.3) is 0 Å². The lowest BCUT2D eigenvalue weighted by Gasteiger charge is -2.17. The van der Waals surface area contributed by atoms with Crippen LogP contribution in [0.3, 0.4) is 0 Å². The molecule has 0 amide bonds. The van der Waals surface area contributed by atoms with Gasteiger partial charge in [0, 0.05) is 0 Å². The number of fused-ring (bicyclic) bond motifs is 1. The molecule has 0 spiro atoms. The fraction of sp³-hybridized carbons (Fsp3) is 0.286. The van der Waals surface area contributed by atoms with Crippen molar-refractivity contribution in [3.63, 3.8) is 0 Å². The Labute approximate surface area is 101 Å². The molecule has 3 heteroatoms. The Balaban J connectivity index is 2.45. The molecule has 0 saturated heterocycles. The molecule has 0 N–H and O–H groups in total. The van der Waals surface area contributed by atoms with Gasteiger partial charge in [0.1, 0.15) is 11.7 Å². The van der Waals surface area contributed by atoms with Gasteiger partial charge in [-0.3, -0.25) is 0 Å². The highest BCUT2D eigenvalue weighted by Gasteiger charge is 2.33. The second kappa shape index (κ2) is 4.72. The fourth-order valence-corrected chi connectivity index (χ4v) is 2.14. The summed E-state index contributed by atoms with van der Waals surface area (Å²) in [6, 6.07) is 11.9. The van der Waals surface area contributed by atoms with E-state index in [1.807, 2.05) is 49.4 Å². The van der Waals surface area contributed by atoms with Crippen molar-refractivity contribution in [2.24, 2.45) is 5.92 Å². The van der Waals surface area contributed by atoms with Gasteiger partial charge < -0.3 is 4.74 Å². The van der Waals surface area contributed by atoms with E-state index in [4.69, 9.17) is 15.3 Å². The minimum absolute atomic E-state index is 0.249. The number of nitrogens with zero attached hydrogens (tertiary/aromatic N) is 2. The van der Waals surface area contributed by atoms with Crippen molar-refractivity contribution in [1.29, 1.82) is 10.5 Å². The van der Waals surface area contributed by atoms with Gasteiger partial charge in [-0.05, 0) is 24.1 Å². The molecular weight excluding hydrogens is 212 g/mol. The monoisotopic (exact) mass is 224 g/mol. The quantitative estimate of drug-likeness (QED) is 0.793. The summed E-state index contributed by atoms with van der Waals surface area (Å²) in [6.07, 6.45) is 1.92. The van der Waals surface area contributed by atoms with Crippen LogP contribution < -0.4 is 0 Å². The molecule has 0 aliphatic heterocycles. The molecule has 1 atom stereocenters. The van der Waals surface area contributed by atoms with Gasteiger partial charge in [-0.2, -0.15) is 10.5 Å². The van der Waals surface area contributed by atoms with Crippen LogP contribution in [0, 0.1) is 28.6 Å². The molecule has 0 fully saturated rings. The van der Waals surface area contributed by atoms with E-state index in [0.29, 0.717) is 6.61 Å². The number of hydrogen-bond donors (Lipinski definition) is 0. The zero-order chi connectivity index (χ0) is 12.3. The van der Waals surface area contributed by atoms with Gasteiger partial charge in [0.15, 0.2) is 0 Å². The Morgan fingerprint density at radius 3 is 2.65 bits per heavy atom. The van der Waals surface area contributed by atoms with E-state index in [0.717, 1.165) is 16.9 Å². The van der Waals surface area contributed by atoms with Crippen LogP contribution in [0.25, 0.3) is 6.08 Å². The second-order valence-corrected chi connectivity index (χ2v) is 3.82. The van der Waals surface area contributed by atoms with E-state index < -0.39 is 5.92 Å². The number of benzene rings is 1. The van der Waals surface area contributed by atoms with Crippen LogP contribution in [0.5, 0.6) is 0 Å². The summed E-state index contributed by atoms with van der Waals surface area (Å²) in [5, 5.41) is 18.1. The standard InChI is InChI=1S/C14H12N2O/c1-2-17-13-7-10-5-3-4-6-12(10)14(13)11(8-15)9-16/h3-7,11,14H,2H2,1H3. The van der Waals surface area contributed by atoms with Gasteiger partial charge in [-0.15, -0.1) is 0 Å². The SMILES string of the molecule is CCOC1=Cc2ccccc2C1C(C#N)C#N. The van der Waals surface area contributed by atoms with Crippen LogP contribution >= 0.6 is 0 Å². The lowest BCUT2D eigenvalue weighted by molar-refractivity contribution is 0.209. The summed E-state index contributed by atoms with van der Waals surface area (Å²) in [4.78, 5) is 0. The van der Waals surface area contributed by atoms with Gasteiger partial charge in [-0.1, -0.05) is 24.3 Å². The molecule has 0 heterocycles. The van der Waals surface area contributed by atoms with Gasteiger partial charge in [0.05, 0.1) is 24.7 Å². The summed E-state index contributed by atoms with van der Waals surface area (Å²) in [5.74, 6) is -0.223. The van der Waals surface area contributed by atoms with Crippen molar-refractivity contribution >= 4 is 6.08 Å². The molecule has 1 aromatic rings. The lowest BCUT2D eigenvalue weighted by Crippen LogP contribution is -2.11. The van der Waals surface area contributed by atoms with Crippen LogP contribution in [0.4, 0.5) is 0 Å². The van der Waals surface area contributed by atoms with Gasteiger partial charge in [-0.25, -0.2) is 0 Å². The maximum Gasteiger partial charge on any atom is 0.147 e. The molecule has 1 unspecified atom stereocenters. The molecule has 1 aromatic carbocycles. The predicted octanol–water partition coefficient (Wildman–Crippen LogP) is 2.82. The maximum atomic E-state index is 9.04. The largest absolute Gasteiger partial charge is 0.497 e. The lowest BCUT2D eigenvalue weighted by atomic mass is 9.88. The van der Waals surface area contributed by atoms with E-state index in [2.05, 4.69) is 0 Å². The Morgan fingerprint density at radius 2 is 2.00 bits per heavy atom. The number of nitriles is 2. The first kappa shape index (κ1) is 11.2. The summed E-state index contributed by atoms with van der Waals surface area (Å²) in [7, 11) is 0. The van der Waals surface area contributed by atoms with E-state index in [1.54, 1.807) is 0 Å². The topological polar surface area (TPSA) is 56.8 Å². The van der Waals surface area contributed by atoms with Crippen molar-refractivity contribution in [1.82, 2.24) is 0 Å². The zero-order valence-corrected chi connectivity index (χ0v) is 9.55.